The standard InChI is InChI=1S/C10H20N2O/c1-2-9-8(5-6-13-9)10(12-11)7-3-4-7/h7-10,12H,2-6,11H2,1H3. The van der Waals surface area contributed by atoms with Crippen molar-refractivity contribution in [2.75, 3.05) is 6.61 Å². The summed E-state index contributed by atoms with van der Waals surface area (Å²) in [6, 6.07) is 0.507. The van der Waals surface area contributed by atoms with Crippen LogP contribution in [0.3, 0.4) is 0 Å². The first-order chi connectivity index (χ1) is 6.36. The smallest absolute Gasteiger partial charge is 0.0617 e. The second kappa shape index (κ2) is 3.95. The molecule has 3 N–H and O–H groups in total. The highest BCUT2D eigenvalue weighted by molar-refractivity contribution is 4.94. The highest BCUT2D eigenvalue weighted by atomic mass is 16.5. The van der Waals surface area contributed by atoms with Crippen molar-refractivity contribution in [3.63, 3.8) is 0 Å². The van der Waals surface area contributed by atoms with Crippen LogP contribution in [-0.2, 0) is 4.74 Å². The van der Waals surface area contributed by atoms with Gasteiger partial charge in [0.2, 0.25) is 0 Å². The van der Waals surface area contributed by atoms with Gasteiger partial charge in [-0.1, -0.05) is 6.92 Å². The Bertz CT molecular complexity index is 170. The van der Waals surface area contributed by atoms with E-state index < -0.39 is 0 Å². The van der Waals surface area contributed by atoms with Crippen LogP contribution in [0.15, 0.2) is 0 Å². The summed E-state index contributed by atoms with van der Waals surface area (Å²) >= 11 is 0. The van der Waals surface area contributed by atoms with E-state index in [1.54, 1.807) is 0 Å². The van der Waals surface area contributed by atoms with E-state index in [2.05, 4.69) is 12.3 Å². The van der Waals surface area contributed by atoms with Crippen LogP contribution in [0.1, 0.15) is 32.6 Å². The molecule has 0 amide bonds. The second-order valence-electron chi connectivity index (χ2n) is 4.30. The molecule has 2 rings (SSSR count). The van der Waals surface area contributed by atoms with E-state index in [-0.39, 0.29) is 0 Å². The predicted molar refractivity (Wildman–Crippen MR) is 52.0 cm³/mol. The van der Waals surface area contributed by atoms with Gasteiger partial charge in [-0.2, -0.15) is 0 Å². The molecule has 0 spiro atoms. The maximum Gasteiger partial charge on any atom is 0.0617 e. The van der Waals surface area contributed by atoms with E-state index in [1.165, 1.54) is 19.3 Å². The van der Waals surface area contributed by atoms with Crippen LogP contribution in [0.25, 0.3) is 0 Å². The molecule has 3 atom stereocenters. The molecule has 2 aliphatic rings. The highest BCUT2D eigenvalue weighted by Crippen LogP contribution is 2.40. The zero-order valence-electron chi connectivity index (χ0n) is 8.33. The molecule has 1 aliphatic heterocycles. The third-order valence-electron chi connectivity index (χ3n) is 3.45. The summed E-state index contributed by atoms with van der Waals surface area (Å²) in [4.78, 5) is 0. The van der Waals surface area contributed by atoms with E-state index in [9.17, 15) is 0 Å². The van der Waals surface area contributed by atoms with Crippen LogP contribution in [-0.4, -0.2) is 18.8 Å². The Hall–Kier alpha value is -0.120. The zero-order valence-corrected chi connectivity index (χ0v) is 8.33. The van der Waals surface area contributed by atoms with Crippen molar-refractivity contribution < 1.29 is 4.74 Å². The lowest BCUT2D eigenvalue weighted by Crippen LogP contribution is -2.45. The van der Waals surface area contributed by atoms with Gasteiger partial charge in [-0.15, -0.1) is 0 Å². The molecule has 0 bridgehead atoms. The van der Waals surface area contributed by atoms with Crippen LogP contribution >= 0.6 is 0 Å². The molecule has 1 saturated carbocycles. The van der Waals surface area contributed by atoms with Gasteiger partial charge in [-0.25, -0.2) is 0 Å². The number of hydrogen-bond donors (Lipinski definition) is 2. The van der Waals surface area contributed by atoms with Crippen LogP contribution in [0.5, 0.6) is 0 Å². The monoisotopic (exact) mass is 184 g/mol. The van der Waals surface area contributed by atoms with Gasteiger partial charge in [0.15, 0.2) is 0 Å². The Morgan fingerprint density at radius 2 is 2.23 bits per heavy atom. The molecule has 1 heterocycles. The molecule has 0 aromatic rings. The second-order valence-corrected chi connectivity index (χ2v) is 4.30. The SMILES string of the molecule is CCC1OCCC1C(NN)C1CC1. The van der Waals surface area contributed by atoms with Gasteiger partial charge < -0.3 is 4.74 Å². The molecule has 1 saturated heterocycles. The van der Waals surface area contributed by atoms with Crippen LogP contribution in [0.4, 0.5) is 0 Å². The number of nitrogens with one attached hydrogen (secondary N) is 1. The van der Waals surface area contributed by atoms with E-state index in [0.717, 1.165) is 18.9 Å². The number of rotatable bonds is 4. The predicted octanol–water partition coefficient (Wildman–Crippen LogP) is 1.04. The Kier molecular flexibility index (Phi) is 2.86. The average Bonchev–Trinajstić information content (AvgIpc) is 2.86. The van der Waals surface area contributed by atoms with Gasteiger partial charge >= 0.3 is 0 Å². The van der Waals surface area contributed by atoms with Gasteiger partial charge in [0.1, 0.15) is 0 Å². The minimum absolute atomic E-state index is 0.446. The molecule has 3 unspecified atom stereocenters. The lowest BCUT2D eigenvalue weighted by Gasteiger charge is -2.26. The molecule has 3 nitrogen and oxygen atoms in total. The molecule has 0 aromatic carbocycles. The number of hydrazine groups is 1. The van der Waals surface area contributed by atoms with Crippen molar-refractivity contribution in [1.82, 2.24) is 5.43 Å². The first-order valence-electron chi connectivity index (χ1n) is 5.44. The van der Waals surface area contributed by atoms with E-state index >= 15 is 0 Å². The first-order valence-corrected chi connectivity index (χ1v) is 5.44. The minimum atomic E-state index is 0.446. The fourth-order valence-electron chi connectivity index (χ4n) is 2.56. The molecule has 2 fully saturated rings. The van der Waals surface area contributed by atoms with Crippen molar-refractivity contribution >= 4 is 0 Å². The van der Waals surface area contributed by atoms with Gasteiger partial charge in [-0.05, 0) is 31.6 Å². The van der Waals surface area contributed by atoms with Gasteiger partial charge in [0.25, 0.3) is 0 Å². The molecular weight excluding hydrogens is 164 g/mol. The summed E-state index contributed by atoms with van der Waals surface area (Å²) in [5.74, 6) is 7.08. The Morgan fingerprint density at radius 3 is 2.77 bits per heavy atom. The molecule has 13 heavy (non-hydrogen) atoms. The quantitative estimate of drug-likeness (QED) is 0.507. The molecular formula is C10H20N2O. The van der Waals surface area contributed by atoms with Gasteiger partial charge in [0.05, 0.1) is 6.10 Å². The van der Waals surface area contributed by atoms with Crippen LogP contribution < -0.4 is 11.3 Å². The maximum absolute atomic E-state index is 5.68. The Morgan fingerprint density at radius 1 is 1.46 bits per heavy atom. The molecule has 3 heteroatoms. The summed E-state index contributed by atoms with van der Waals surface area (Å²) in [5.41, 5.74) is 2.99. The lowest BCUT2D eigenvalue weighted by molar-refractivity contribution is 0.0748. The van der Waals surface area contributed by atoms with Crippen molar-refractivity contribution in [3.05, 3.63) is 0 Å². The Balaban J connectivity index is 1.95. The number of hydrogen-bond acceptors (Lipinski definition) is 3. The average molecular weight is 184 g/mol. The van der Waals surface area contributed by atoms with Crippen molar-refractivity contribution in [2.45, 2.75) is 44.8 Å². The van der Waals surface area contributed by atoms with E-state index in [1.807, 2.05) is 0 Å². The van der Waals surface area contributed by atoms with Crippen molar-refractivity contribution in [3.8, 4) is 0 Å². The van der Waals surface area contributed by atoms with Crippen LogP contribution in [0, 0.1) is 11.8 Å². The summed E-state index contributed by atoms with van der Waals surface area (Å²) < 4.78 is 5.68. The van der Waals surface area contributed by atoms with E-state index in [0.29, 0.717) is 18.1 Å². The van der Waals surface area contributed by atoms with E-state index in [4.69, 9.17) is 10.6 Å². The summed E-state index contributed by atoms with van der Waals surface area (Å²) in [5, 5.41) is 0. The maximum atomic E-state index is 5.68. The molecule has 0 aromatic heterocycles. The largest absolute Gasteiger partial charge is 0.378 e. The Labute approximate surface area is 80.0 Å². The molecule has 76 valence electrons. The third-order valence-corrected chi connectivity index (χ3v) is 3.45. The minimum Gasteiger partial charge on any atom is -0.378 e. The third kappa shape index (κ3) is 1.87. The van der Waals surface area contributed by atoms with Crippen molar-refractivity contribution in [1.29, 1.82) is 0 Å². The molecule has 0 radical (unpaired) electrons. The van der Waals surface area contributed by atoms with Crippen molar-refractivity contribution in [2.24, 2.45) is 17.7 Å². The van der Waals surface area contributed by atoms with Gasteiger partial charge in [-0.3, -0.25) is 11.3 Å². The highest BCUT2D eigenvalue weighted by Gasteiger charge is 2.41. The topological polar surface area (TPSA) is 47.3 Å². The summed E-state index contributed by atoms with van der Waals surface area (Å²) in [6.45, 7) is 3.12. The summed E-state index contributed by atoms with van der Waals surface area (Å²) in [6.07, 6.45) is 5.45. The molecule has 1 aliphatic carbocycles. The fraction of sp³-hybridized carbons (Fsp3) is 1.00. The lowest BCUT2D eigenvalue weighted by atomic mass is 9.89. The summed E-state index contributed by atoms with van der Waals surface area (Å²) in [7, 11) is 0. The van der Waals surface area contributed by atoms with Gasteiger partial charge in [0, 0.05) is 18.6 Å². The zero-order chi connectivity index (χ0) is 9.26. The number of nitrogens with two attached hydrogens (primary N) is 1. The fourth-order valence-corrected chi connectivity index (χ4v) is 2.56. The normalized spacial score (nSPS) is 36.5. The first kappa shape index (κ1) is 9.44. The van der Waals surface area contributed by atoms with Crippen LogP contribution in [0.2, 0.25) is 0 Å². The number of ether oxygens (including phenoxy) is 1.